The van der Waals surface area contributed by atoms with E-state index in [-0.39, 0.29) is 0 Å². The molecule has 6 nitrogen and oxygen atoms in total. The molecule has 0 saturated carbocycles. The van der Waals surface area contributed by atoms with Crippen LogP contribution in [0.15, 0.2) is 36.4 Å². The Hall–Kier alpha value is -2.44. The maximum atomic E-state index is 5.47. The fourth-order valence-electron chi connectivity index (χ4n) is 3.87. The van der Waals surface area contributed by atoms with Crippen LogP contribution in [0.3, 0.4) is 0 Å². The van der Waals surface area contributed by atoms with Crippen molar-refractivity contribution in [3.63, 3.8) is 0 Å². The molecule has 3 rings (SSSR count). The molecule has 0 bridgehead atoms. The first-order valence-corrected chi connectivity index (χ1v) is 9.80. The molecule has 0 amide bonds. The summed E-state index contributed by atoms with van der Waals surface area (Å²) in [5, 5.41) is 0. The van der Waals surface area contributed by atoms with E-state index in [0.717, 1.165) is 43.3 Å². The number of hydrogen-bond acceptors (Lipinski definition) is 4. The maximum absolute atomic E-state index is 5.47. The molecule has 0 radical (unpaired) electrons. The second-order valence-electron chi connectivity index (χ2n) is 7.12. The number of hydrogen-bond donors (Lipinski definition) is 2. The Labute approximate surface area is 167 Å². The van der Waals surface area contributed by atoms with Gasteiger partial charge >= 0.3 is 0 Å². The molecule has 28 heavy (non-hydrogen) atoms. The normalized spacial score (nSPS) is 19.1. The van der Waals surface area contributed by atoms with E-state index in [1.165, 1.54) is 24.3 Å². The van der Waals surface area contributed by atoms with E-state index in [0.29, 0.717) is 5.75 Å². The molecule has 1 fully saturated rings. The zero-order valence-electron chi connectivity index (χ0n) is 17.3. The average molecular weight is 389 g/mol. The van der Waals surface area contributed by atoms with Gasteiger partial charge in [-0.2, -0.15) is 0 Å². The van der Waals surface area contributed by atoms with Gasteiger partial charge in [-0.25, -0.2) is 0 Å². The second kappa shape index (κ2) is 9.66. The summed E-state index contributed by atoms with van der Waals surface area (Å²) in [6.45, 7) is 5.75. The number of methoxy groups -OCH3 is 4. The molecule has 0 unspecified atom stereocenters. The first-order valence-electron chi connectivity index (χ1n) is 9.80. The molecule has 0 spiro atoms. The zero-order valence-corrected chi connectivity index (χ0v) is 17.3. The minimum atomic E-state index is 0.651. The highest BCUT2D eigenvalue weighted by Crippen LogP contribution is 2.38. The maximum Gasteiger partial charge on any atom is 0.203 e. The van der Waals surface area contributed by atoms with Crippen molar-refractivity contribution in [1.82, 2.24) is 0 Å². The Morgan fingerprint density at radius 1 is 0.750 bits per heavy atom. The predicted octanol–water partition coefficient (Wildman–Crippen LogP) is 0.379. The summed E-state index contributed by atoms with van der Waals surface area (Å²) in [5.74, 6) is 3.01. The largest absolute Gasteiger partial charge is 0.497 e. The summed E-state index contributed by atoms with van der Waals surface area (Å²) in [4.78, 5) is 3.20. The van der Waals surface area contributed by atoms with Crippen molar-refractivity contribution in [2.75, 3.05) is 61.2 Å². The smallest absolute Gasteiger partial charge is 0.203 e. The van der Waals surface area contributed by atoms with Crippen LogP contribution in [0.1, 0.15) is 5.56 Å². The molecule has 1 aliphatic heterocycles. The van der Waals surface area contributed by atoms with Crippen molar-refractivity contribution in [2.24, 2.45) is 0 Å². The molecule has 1 aliphatic rings. The number of rotatable bonds is 8. The van der Waals surface area contributed by atoms with Crippen LogP contribution in [0.5, 0.6) is 23.0 Å². The summed E-state index contributed by atoms with van der Waals surface area (Å²) in [5.41, 5.74) is 2.57. The van der Waals surface area contributed by atoms with E-state index in [2.05, 4.69) is 24.3 Å². The predicted molar refractivity (Wildman–Crippen MR) is 109 cm³/mol. The van der Waals surface area contributed by atoms with Gasteiger partial charge in [0.15, 0.2) is 11.5 Å². The Bertz CT molecular complexity index is 731. The van der Waals surface area contributed by atoms with Crippen molar-refractivity contribution in [2.45, 2.75) is 6.42 Å². The van der Waals surface area contributed by atoms with Gasteiger partial charge in [-0.3, -0.25) is 4.90 Å². The van der Waals surface area contributed by atoms with E-state index < -0.39 is 0 Å². The molecule has 1 heterocycles. The first kappa shape index (κ1) is 20.3. The number of ether oxygens (including phenoxy) is 4. The van der Waals surface area contributed by atoms with Gasteiger partial charge in [0.25, 0.3) is 0 Å². The van der Waals surface area contributed by atoms with E-state index in [1.54, 1.807) is 38.2 Å². The summed E-state index contributed by atoms with van der Waals surface area (Å²) >= 11 is 0. The molecule has 2 aromatic carbocycles. The van der Waals surface area contributed by atoms with Crippen LogP contribution in [-0.2, 0) is 6.42 Å². The number of benzene rings is 2. The monoisotopic (exact) mass is 388 g/mol. The number of quaternary nitrogens is 2. The quantitative estimate of drug-likeness (QED) is 0.686. The molecule has 2 N–H and O–H groups in total. The van der Waals surface area contributed by atoms with E-state index in [1.807, 2.05) is 12.1 Å². The zero-order chi connectivity index (χ0) is 19.9. The van der Waals surface area contributed by atoms with Gasteiger partial charge < -0.3 is 23.8 Å². The van der Waals surface area contributed by atoms with Crippen molar-refractivity contribution in [3.05, 3.63) is 42.0 Å². The van der Waals surface area contributed by atoms with Crippen molar-refractivity contribution in [1.29, 1.82) is 0 Å². The highest BCUT2D eigenvalue weighted by Gasteiger charge is 2.24. The van der Waals surface area contributed by atoms with Gasteiger partial charge in [0.1, 0.15) is 37.6 Å². The third-order valence-corrected chi connectivity index (χ3v) is 5.55. The fraction of sp³-hybridized carbons (Fsp3) is 0.455. The molecule has 0 aliphatic carbocycles. The molecule has 2 aromatic rings. The molecule has 0 aromatic heterocycles. The highest BCUT2D eigenvalue weighted by molar-refractivity contribution is 5.53. The summed E-state index contributed by atoms with van der Waals surface area (Å²) < 4.78 is 21.6. The topological polar surface area (TPSA) is 45.8 Å². The van der Waals surface area contributed by atoms with E-state index in [9.17, 15) is 0 Å². The molecular weight excluding hydrogens is 356 g/mol. The Morgan fingerprint density at radius 3 is 1.86 bits per heavy atom. The summed E-state index contributed by atoms with van der Waals surface area (Å²) in [6.07, 6.45) is 0.990. The van der Waals surface area contributed by atoms with Gasteiger partial charge in [-0.15, -0.1) is 0 Å². The van der Waals surface area contributed by atoms with Crippen LogP contribution < -0.4 is 28.7 Å². The van der Waals surface area contributed by atoms with Crippen LogP contribution in [0.25, 0.3) is 0 Å². The van der Waals surface area contributed by atoms with Crippen LogP contribution in [0.4, 0.5) is 5.69 Å². The van der Waals surface area contributed by atoms with Gasteiger partial charge in [0.2, 0.25) is 5.75 Å². The van der Waals surface area contributed by atoms with Gasteiger partial charge in [0.05, 0.1) is 35.0 Å². The van der Waals surface area contributed by atoms with E-state index in [4.69, 9.17) is 18.9 Å². The van der Waals surface area contributed by atoms with Crippen LogP contribution in [0, 0.1) is 0 Å². The molecular formula is C22H32N2O4+2. The van der Waals surface area contributed by atoms with Crippen molar-refractivity contribution >= 4 is 5.69 Å². The minimum Gasteiger partial charge on any atom is -0.497 e. The Balaban J connectivity index is 1.55. The van der Waals surface area contributed by atoms with Crippen molar-refractivity contribution < 1.29 is 28.7 Å². The third-order valence-electron chi connectivity index (χ3n) is 5.55. The third kappa shape index (κ3) is 4.69. The van der Waals surface area contributed by atoms with Crippen LogP contribution in [0.2, 0.25) is 0 Å². The van der Waals surface area contributed by atoms with E-state index >= 15 is 0 Å². The van der Waals surface area contributed by atoms with Gasteiger partial charge in [0, 0.05) is 18.6 Å². The Morgan fingerprint density at radius 2 is 1.36 bits per heavy atom. The molecule has 0 atom stereocenters. The lowest BCUT2D eigenvalue weighted by molar-refractivity contribution is -0.986. The SMILES string of the molecule is COc1ccc([NH+]2CC[NH+](CCc3cc(OC)c(OC)c(OC)c3)CC2)cc1. The van der Waals surface area contributed by atoms with Crippen molar-refractivity contribution in [3.8, 4) is 23.0 Å². The standard InChI is InChI=1S/C22H30N2O4/c1-25-19-7-5-18(6-8-19)24-13-11-23(12-14-24)10-9-17-15-20(26-2)22(28-4)21(16-17)27-3/h5-8,15-16H,9-14H2,1-4H3/p+2. The summed E-state index contributed by atoms with van der Waals surface area (Å²) in [7, 11) is 6.66. The number of piperazine rings is 1. The average Bonchev–Trinajstić information content (AvgIpc) is 2.77. The Kier molecular flexibility index (Phi) is 7.01. The minimum absolute atomic E-state index is 0.651. The van der Waals surface area contributed by atoms with Crippen LogP contribution in [-0.4, -0.2) is 61.2 Å². The lowest BCUT2D eigenvalue weighted by atomic mass is 10.1. The van der Waals surface area contributed by atoms with Gasteiger partial charge in [-0.1, -0.05) is 0 Å². The number of nitrogens with one attached hydrogen (secondary N) is 2. The highest BCUT2D eigenvalue weighted by atomic mass is 16.5. The summed E-state index contributed by atoms with van der Waals surface area (Å²) in [6, 6.07) is 12.6. The molecule has 152 valence electrons. The first-order chi connectivity index (χ1) is 13.7. The lowest BCUT2D eigenvalue weighted by Crippen LogP contribution is -3.26. The lowest BCUT2D eigenvalue weighted by Gasteiger charge is -2.29. The fourth-order valence-corrected chi connectivity index (χ4v) is 3.87. The van der Waals surface area contributed by atoms with Gasteiger partial charge in [-0.05, 0) is 29.8 Å². The molecule has 6 heteroatoms. The second-order valence-corrected chi connectivity index (χ2v) is 7.12. The van der Waals surface area contributed by atoms with Crippen LogP contribution >= 0.6 is 0 Å². The molecule has 1 saturated heterocycles.